The Bertz CT molecular complexity index is 402. The van der Waals surface area contributed by atoms with Crippen LogP contribution in [-0.2, 0) is 4.84 Å². The normalized spacial score (nSPS) is 15.7. The number of nitrogens with one attached hydrogen (secondary N) is 2. The van der Waals surface area contributed by atoms with Crippen molar-refractivity contribution in [3.8, 4) is 0 Å². The molecule has 98 valence electrons. The van der Waals surface area contributed by atoms with Crippen molar-refractivity contribution in [1.82, 2.24) is 0 Å². The topological polar surface area (TPSA) is 64.2 Å². The van der Waals surface area contributed by atoms with Gasteiger partial charge < -0.3 is 20.3 Å². The van der Waals surface area contributed by atoms with Gasteiger partial charge in [0.2, 0.25) is 0 Å². The Morgan fingerprint density at radius 3 is 2.50 bits per heavy atom. The maximum Gasteiger partial charge on any atom is 0.186 e. The molecule has 2 unspecified atom stereocenters. The summed E-state index contributed by atoms with van der Waals surface area (Å²) in [6.07, 6.45) is 4.98. The third kappa shape index (κ3) is 5.11. The van der Waals surface area contributed by atoms with Crippen LogP contribution >= 0.6 is 0 Å². The molecule has 0 aliphatic heterocycles. The Morgan fingerprint density at radius 1 is 1.28 bits per heavy atom. The van der Waals surface area contributed by atoms with E-state index in [1.807, 2.05) is 6.07 Å². The molecule has 0 aliphatic rings. The van der Waals surface area contributed by atoms with Crippen LogP contribution in [0.1, 0.15) is 6.92 Å². The predicted octanol–water partition coefficient (Wildman–Crippen LogP) is 0.105. The number of quaternary nitrogens is 2. The van der Waals surface area contributed by atoms with Crippen molar-refractivity contribution in [1.29, 1.82) is 0 Å². The van der Waals surface area contributed by atoms with Crippen LogP contribution in [0, 0.1) is 10.4 Å². The molecule has 0 saturated heterocycles. The van der Waals surface area contributed by atoms with Gasteiger partial charge in [0.25, 0.3) is 0 Å². The number of allylic oxidation sites excluding steroid dienone is 2. The molecule has 5 nitrogen and oxygen atoms in total. The van der Waals surface area contributed by atoms with E-state index in [4.69, 9.17) is 4.84 Å². The van der Waals surface area contributed by atoms with Crippen molar-refractivity contribution in [2.75, 3.05) is 13.6 Å². The van der Waals surface area contributed by atoms with Crippen LogP contribution in [0.15, 0.2) is 54.3 Å². The molecule has 1 aromatic carbocycles. The van der Waals surface area contributed by atoms with E-state index >= 15 is 0 Å². The van der Waals surface area contributed by atoms with E-state index in [9.17, 15) is 10.4 Å². The van der Waals surface area contributed by atoms with E-state index in [2.05, 4.69) is 0 Å². The molecule has 2 atom stereocenters. The highest BCUT2D eigenvalue weighted by atomic mass is 16.9. The number of hydroxylamine groups is 2. The van der Waals surface area contributed by atoms with E-state index < -0.39 is 5.23 Å². The first-order valence-corrected chi connectivity index (χ1v) is 5.73. The molecule has 18 heavy (non-hydrogen) atoms. The summed E-state index contributed by atoms with van der Waals surface area (Å²) in [6, 6.07) is 8.76. The van der Waals surface area contributed by atoms with Crippen LogP contribution in [0.4, 0.5) is 5.69 Å². The minimum absolute atomic E-state index is 0.0658. The Kier molecular flexibility index (Phi) is 6.10. The van der Waals surface area contributed by atoms with Gasteiger partial charge in [0.1, 0.15) is 0 Å². The highest BCUT2D eigenvalue weighted by Gasteiger charge is 2.04. The third-order valence-electron chi connectivity index (χ3n) is 2.19. The lowest BCUT2D eigenvalue weighted by atomic mass is 10.3. The molecular weight excluding hydrogens is 232 g/mol. The molecule has 0 amide bonds. The van der Waals surface area contributed by atoms with Gasteiger partial charge in [-0.3, -0.25) is 0 Å². The summed E-state index contributed by atoms with van der Waals surface area (Å²) in [7, 11) is 1.51. The highest BCUT2D eigenvalue weighted by molar-refractivity contribution is 5.27. The predicted molar refractivity (Wildman–Crippen MR) is 69.5 cm³/mol. The number of likely N-dealkylation sites (N-methyl/N-ethyl adjacent to an activating group) is 1. The summed E-state index contributed by atoms with van der Waals surface area (Å²) in [5.74, 6) is 0.435. The van der Waals surface area contributed by atoms with Gasteiger partial charge in [-0.15, -0.1) is 5.23 Å². The standard InChI is InChI=1S/C13H18N2O3/c1-3-13(10-7-11-14(2)16)18-15(17)12-8-5-4-6-9-12/h3-10,14-15H,11H2,1-2H3/b10-7-,13-3+. The smallest absolute Gasteiger partial charge is 0.186 e. The maximum absolute atomic E-state index is 11.7. The van der Waals surface area contributed by atoms with Gasteiger partial charge in [-0.2, -0.15) is 0 Å². The van der Waals surface area contributed by atoms with Crippen molar-refractivity contribution in [2.45, 2.75) is 6.92 Å². The first-order valence-electron chi connectivity index (χ1n) is 5.73. The Hall–Kier alpha value is -1.66. The largest absolute Gasteiger partial charge is 0.634 e. The molecule has 0 radical (unpaired) electrons. The van der Waals surface area contributed by atoms with Gasteiger partial charge >= 0.3 is 0 Å². The molecule has 0 saturated carbocycles. The van der Waals surface area contributed by atoms with Crippen molar-refractivity contribution < 1.29 is 15.1 Å². The summed E-state index contributed by atoms with van der Waals surface area (Å²) in [5.41, 5.74) is 0.497. The summed E-state index contributed by atoms with van der Waals surface area (Å²) >= 11 is 0. The average Bonchev–Trinajstić information content (AvgIpc) is 2.38. The van der Waals surface area contributed by atoms with Crippen molar-refractivity contribution in [2.24, 2.45) is 0 Å². The van der Waals surface area contributed by atoms with E-state index in [-0.39, 0.29) is 5.06 Å². The van der Waals surface area contributed by atoms with Crippen LogP contribution in [0.5, 0.6) is 0 Å². The molecular formula is C13H18N2O3. The number of rotatable bonds is 6. The second kappa shape index (κ2) is 7.62. The van der Waals surface area contributed by atoms with E-state index in [0.29, 0.717) is 18.0 Å². The first-order chi connectivity index (χ1) is 8.63. The minimum atomic E-state index is -0.406. The van der Waals surface area contributed by atoms with Crippen molar-refractivity contribution in [3.63, 3.8) is 0 Å². The Labute approximate surface area is 107 Å². The van der Waals surface area contributed by atoms with Gasteiger partial charge in [-0.25, -0.2) is 0 Å². The molecule has 0 aliphatic carbocycles. The fourth-order valence-corrected chi connectivity index (χ4v) is 1.27. The first kappa shape index (κ1) is 14.4. The lowest BCUT2D eigenvalue weighted by Gasteiger charge is -2.20. The Morgan fingerprint density at radius 2 is 1.94 bits per heavy atom. The van der Waals surface area contributed by atoms with E-state index in [0.717, 1.165) is 0 Å². The van der Waals surface area contributed by atoms with Crippen molar-refractivity contribution in [3.05, 3.63) is 64.7 Å². The summed E-state index contributed by atoms with van der Waals surface area (Å²) in [5, 5.41) is 22.2. The molecule has 0 spiro atoms. The molecule has 0 aromatic heterocycles. The fraction of sp³-hybridized carbons (Fsp3) is 0.231. The molecule has 0 fully saturated rings. The highest BCUT2D eigenvalue weighted by Crippen LogP contribution is 2.01. The van der Waals surface area contributed by atoms with Crippen molar-refractivity contribution >= 4 is 5.69 Å². The zero-order valence-corrected chi connectivity index (χ0v) is 10.6. The SMILES string of the molecule is C/C=C(\C=C/C[NH+](C)[O-])O[NH+]([O-])c1ccccc1. The molecule has 0 heterocycles. The van der Waals surface area contributed by atoms with Crippen LogP contribution < -0.4 is 10.3 Å². The molecule has 1 aromatic rings. The fourth-order valence-electron chi connectivity index (χ4n) is 1.27. The van der Waals surface area contributed by atoms with Gasteiger partial charge in [0.05, 0.1) is 13.6 Å². The van der Waals surface area contributed by atoms with E-state index in [1.54, 1.807) is 49.4 Å². The zero-order valence-electron chi connectivity index (χ0n) is 10.6. The lowest BCUT2D eigenvalue weighted by molar-refractivity contribution is -0.986. The third-order valence-corrected chi connectivity index (χ3v) is 2.19. The van der Waals surface area contributed by atoms with E-state index in [1.165, 1.54) is 7.05 Å². The summed E-state index contributed by atoms with van der Waals surface area (Å²) in [6.45, 7) is 2.10. The molecule has 0 bridgehead atoms. The lowest BCUT2D eigenvalue weighted by Crippen LogP contribution is -3.03. The quantitative estimate of drug-likeness (QED) is 0.428. The molecule has 2 N–H and O–H groups in total. The van der Waals surface area contributed by atoms with Crippen LogP contribution in [0.2, 0.25) is 0 Å². The average molecular weight is 250 g/mol. The number of hydrogen-bond donors (Lipinski definition) is 2. The van der Waals surface area contributed by atoms with Crippen LogP contribution in [-0.4, -0.2) is 13.6 Å². The maximum atomic E-state index is 11.7. The monoisotopic (exact) mass is 250 g/mol. The van der Waals surface area contributed by atoms with Gasteiger partial charge in [0.15, 0.2) is 11.4 Å². The summed E-state index contributed by atoms with van der Waals surface area (Å²) < 4.78 is 0. The number of benzene rings is 1. The summed E-state index contributed by atoms with van der Waals surface area (Å²) in [4.78, 5) is 5.19. The second-order valence-corrected chi connectivity index (χ2v) is 3.76. The van der Waals surface area contributed by atoms with Gasteiger partial charge in [-0.05, 0) is 25.2 Å². The molecule has 5 heteroatoms. The Balaban J connectivity index is 2.56. The van der Waals surface area contributed by atoms with Crippen LogP contribution in [0.3, 0.4) is 0 Å². The second-order valence-electron chi connectivity index (χ2n) is 3.76. The molecule has 1 rings (SSSR count). The number of hydrogen-bond acceptors (Lipinski definition) is 3. The van der Waals surface area contributed by atoms with Crippen LogP contribution in [0.25, 0.3) is 0 Å². The van der Waals surface area contributed by atoms with Gasteiger partial charge in [-0.1, -0.05) is 18.2 Å². The van der Waals surface area contributed by atoms with Gasteiger partial charge in [0, 0.05) is 12.1 Å². The zero-order chi connectivity index (χ0) is 13.4. The minimum Gasteiger partial charge on any atom is -0.634 e.